The van der Waals surface area contributed by atoms with Crippen LogP contribution in [0.15, 0.2) is 176 Å². The molecule has 1 aliphatic carbocycles. The first-order valence-corrected chi connectivity index (χ1v) is 18.5. The maximum Gasteiger partial charge on any atom is 0.0540 e. The average molecular weight is 670 g/mol. The van der Waals surface area contributed by atoms with Crippen molar-refractivity contribution < 1.29 is 0 Å². The molecule has 0 aliphatic heterocycles. The molecule has 0 saturated carbocycles. The highest BCUT2D eigenvalue weighted by Crippen LogP contribution is 2.53. The summed E-state index contributed by atoms with van der Waals surface area (Å²) in [5.74, 6) is 0. The molecule has 8 aromatic carbocycles. The fourth-order valence-electron chi connectivity index (χ4n) is 8.33. The van der Waals surface area contributed by atoms with Gasteiger partial charge in [-0.3, -0.25) is 0 Å². The smallest absolute Gasteiger partial charge is 0.0540 e. The van der Waals surface area contributed by atoms with Crippen LogP contribution >= 0.6 is 11.3 Å². The Morgan fingerprint density at radius 3 is 1.96 bits per heavy atom. The van der Waals surface area contributed by atoms with Crippen molar-refractivity contribution >= 4 is 59.3 Å². The van der Waals surface area contributed by atoms with Crippen molar-refractivity contribution in [2.24, 2.45) is 0 Å². The molecule has 1 aromatic heterocycles. The first kappa shape index (κ1) is 29.9. The van der Waals surface area contributed by atoms with Crippen molar-refractivity contribution in [2.75, 3.05) is 4.90 Å². The van der Waals surface area contributed by atoms with Gasteiger partial charge in [-0.05, 0) is 92.2 Å². The summed E-state index contributed by atoms with van der Waals surface area (Å²) in [7, 11) is 0. The third-order valence-corrected chi connectivity index (χ3v) is 12.0. The summed E-state index contributed by atoms with van der Waals surface area (Å²) in [4.78, 5) is 2.44. The molecule has 0 radical (unpaired) electrons. The van der Waals surface area contributed by atoms with Crippen molar-refractivity contribution in [3.63, 3.8) is 0 Å². The van der Waals surface area contributed by atoms with Crippen molar-refractivity contribution in [1.29, 1.82) is 0 Å². The van der Waals surface area contributed by atoms with E-state index in [-0.39, 0.29) is 5.41 Å². The number of thiophene rings is 1. The van der Waals surface area contributed by atoms with Gasteiger partial charge in [0.1, 0.15) is 0 Å². The molecule has 51 heavy (non-hydrogen) atoms. The Kier molecular flexibility index (Phi) is 6.78. The van der Waals surface area contributed by atoms with E-state index in [1.54, 1.807) is 0 Å². The summed E-state index contributed by atoms with van der Waals surface area (Å²) in [6.07, 6.45) is 0. The second-order valence-electron chi connectivity index (χ2n) is 14.1. The molecule has 0 fully saturated rings. The van der Waals surface area contributed by atoms with Crippen molar-refractivity contribution in [2.45, 2.75) is 19.3 Å². The van der Waals surface area contributed by atoms with E-state index in [2.05, 4.69) is 195 Å². The fraction of sp³-hybridized carbons (Fsp3) is 0.0612. The molecule has 0 spiro atoms. The lowest BCUT2D eigenvalue weighted by atomic mass is 9.82. The highest BCUT2D eigenvalue weighted by Gasteiger charge is 2.37. The number of benzene rings is 8. The molecule has 1 nitrogen and oxygen atoms in total. The second kappa shape index (κ2) is 11.6. The van der Waals surface area contributed by atoms with Crippen molar-refractivity contribution in [3.8, 4) is 33.4 Å². The van der Waals surface area contributed by atoms with Gasteiger partial charge in [0.15, 0.2) is 0 Å². The highest BCUT2D eigenvalue weighted by atomic mass is 32.1. The van der Waals surface area contributed by atoms with Gasteiger partial charge in [0.05, 0.1) is 5.69 Å². The van der Waals surface area contributed by atoms with Gasteiger partial charge in [0.2, 0.25) is 0 Å². The third-order valence-electron chi connectivity index (χ3n) is 10.9. The zero-order valence-electron chi connectivity index (χ0n) is 28.6. The number of nitrogens with zero attached hydrogens (tertiary/aromatic N) is 1. The maximum atomic E-state index is 2.44. The normalized spacial score (nSPS) is 13.1. The summed E-state index contributed by atoms with van der Waals surface area (Å²) in [6.45, 7) is 4.71. The minimum atomic E-state index is -0.0659. The van der Waals surface area contributed by atoms with Crippen LogP contribution in [0.1, 0.15) is 25.0 Å². The van der Waals surface area contributed by atoms with Gasteiger partial charge in [-0.2, -0.15) is 0 Å². The number of hydrogen-bond donors (Lipinski definition) is 0. The van der Waals surface area contributed by atoms with Crippen LogP contribution in [0.5, 0.6) is 0 Å². The van der Waals surface area contributed by atoms with E-state index in [1.807, 2.05) is 11.3 Å². The molecule has 0 unspecified atom stereocenters. The van der Waals surface area contributed by atoms with Gasteiger partial charge < -0.3 is 4.90 Å². The molecule has 1 aliphatic rings. The Balaban J connectivity index is 1.14. The maximum absolute atomic E-state index is 2.44. The van der Waals surface area contributed by atoms with Crippen LogP contribution < -0.4 is 4.90 Å². The molecule has 0 saturated heterocycles. The van der Waals surface area contributed by atoms with E-state index in [0.29, 0.717) is 0 Å². The van der Waals surface area contributed by atoms with E-state index < -0.39 is 0 Å². The van der Waals surface area contributed by atoms with Crippen molar-refractivity contribution in [3.05, 3.63) is 187 Å². The molecular weight excluding hydrogens is 635 g/mol. The number of anilines is 3. The van der Waals surface area contributed by atoms with Gasteiger partial charge in [0.25, 0.3) is 0 Å². The zero-order chi connectivity index (χ0) is 34.1. The molecule has 10 rings (SSSR count). The summed E-state index contributed by atoms with van der Waals surface area (Å²) in [6, 6.07) is 64.9. The van der Waals surface area contributed by atoms with Crippen LogP contribution in [0.25, 0.3) is 64.3 Å². The number of rotatable bonds is 5. The SMILES string of the molecule is CC1(C)c2ccccc2-c2c(-c3ccccc3N(c3ccc(-c4ccc5c(c4)sc4ccccc45)cc3)c3ccc4ccccc4c3)cccc21. The Bertz CT molecular complexity index is 2780. The molecule has 0 bridgehead atoms. The Morgan fingerprint density at radius 1 is 0.431 bits per heavy atom. The third kappa shape index (κ3) is 4.75. The fourth-order valence-corrected chi connectivity index (χ4v) is 9.47. The van der Waals surface area contributed by atoms with Crippen LogP contribution in [0, 0.1) is 0 Å². The quantitative estimate of drug-likeness (QED) is 0.176. The molecule has 242 valence electrons. The summed E-state index contributed by atoms with van der Waals surface area (Å²) in [5.41, 5.74) is 13.7. The monoisotopic (exact) mass is 669 g/mol. The molecular formula is C49H35NS. The first-order chi connectivity index (χ1) is 25.0. The zero-order valence-corrected chi connectivity index (χ0v) is 29.4. The van der Waals surface area contributed by atoms with Gasteiger partial charge >= 0.3 is 0 Å². The molecule has 0 atom stereocenters. The summed E-state index contributed by atoms with van der Waals surface area (Å²) in [5, 5.41) is 5.12. The Hall–Kier alpha value is -5.96. The average Bonchev–Trinajstić information content (AvgIpc) is 3.67. The Morgan fingerprint density at radius 2 is 1.08 bits per heavy atom. The lowest BCUT2D eigenvalue weighted by Crippen LogP contribution is -2.14. The van der Waals surface area contributed by atoms with E-state index in [1.165, 1.54) is 75.5 Å². The van der Waals surface area contributed by atoms with E-state index >= 15 is 0 Å². The van der Waals surface area contributed by atoms with Gasteiger partial charge in [-0.1, -0.05) is 147 Å². The van der Waals surface area contributed by atoms with E-state index in [4.69, 9.17) is 0 Å². The van der Waals surface area contributed by atoms with Crippen LogP contribution in [0.3, 0.4) is 0 Å². The molecule has 0 N–H and O–H groups in total. The topological polar surface area (TPSA) is 3.24 Å². The van der Waals surface area contributed by atoms with E-state index in [0.717, 1.165) is 17.1 Å². The summed E-state index contributed by atoms with van der Waals surface area (Å²) < 4.78 is 2.66. The number of para-hydroxylation sites is 1. The van der Waals surface area contributed by atoms with Crippen LogP contribution in [-0.2, 0) is 5.41 Å². The second-order valence-corrected chi connectivity index (χ2v) is 15.2. The van der Waals surface area contributed by atoms with E-state index in [9.17, 15) is 0 Å². The van der Waals surface area contributed by atoms with Gasteiger partial charge in [0, 0.05) is 42.5 Å². The molecule has 2 heteroatoms. The van der Waals surface area contributed by atoms with Gasteiger partial charge in [-0.25, -0.2) is 0 Å². The largest absolute Gasteiger partial charge is 0.310 e. The van der Waals surface area contributed by atoms with Crippen LogP contribution in [0.4, 0.5) is 17.1 Å². The lowest BCUT2D eigenvalue weighted by molar-refractivity contribution is 0.660. The lowest BCUT2D eigenvalue weighted by Gasteiger charge is -2.29. The predicted molar refractivity (Wildman–Crippen MR) is 220 cm³/mol. The summed E-state index contributed by atoms with van der Waals surface area (Å²) >= 11 is 1.87. The van der Waals surface area contributed by atoms with Crippen LogP contribution in [0.2, 0.25) is 0 Å². The standard InChI is InChI=1S/C49H35NS/c1-49(2)43-18-8-5-16-42(43)48-41(17-11-19-44(48)49)38-14-6-9-20-45(38)50(37-28-24-32-12-3-4-13-34(32)30-37)36-26-22-33(23-27-36)35-25-29-40-39-15-7-10-21-46(39)51-47(40)31-35/h3-31H,1-2H3. The molecule has 0 amide bonds. The molecule has 1 heterocycles. The first-order valence-electron chi connectivity index (χ1n) is 17.7. The van der Waals surface area contributed by atoms with Crippen LogP contribution in [-0.4, -0.2) is 0 Å². The highest BCUT2D eigenvalue weighted by molar-refractivity contribution is 7.25. The number of fused-ring (bicyclic) bond motifs is 7. The van der Waals surface area contributed by atoms with Crippen molar-refractivity contribution in [1.82, 2.24) is 0 Å². The molecule has 9 aromatic rings. The van der Waals surface area contributed by atoms with Gasteiger partial charge in [-0.15, -0.1) is 11.3 Å². The minimum absolute atomic E-state index is 0.0659. The number of hydrogen-bond acceptors (Lipinski definition) is 2. The Labute approximate surface area is 302 Å². The minimum Gasteiger partial charge on any atom is -0.310 e. The predicted octanol–water partition coefficient (Wildman–Crippen LogP) is 14.3.